The SMILES string of the molecule is Cc1nc(C)c(C(C)NCC(=O)Nc2ccccc2Br)s1. The maximum Gasteiger partial charge on any atom is 0.238 e. The van der Waals surface area contributed by atoms with Gasteiger partial charge in [0.05, 0.1) is 22.9 Å². The van der Waals surface area contributed by atoms with Crippen LogP contribution >= 0.6 is 27.3 Å². The molecule has 112 valence electrons. The van der Waals surface area contributed by atoms with E-state index < -0.39 is 0 Å². The van der Waals surface area contributed by atoms with Gasteiger partial charge in [-0.1, -0.05) is 12.1 Å². The van der Waals surface area contributed by atoms with Crippen molar-refractivity contribution in [3.63, 3.8) is 0 Å². The molecular formula is C15H18BrN3OS. The number of amides is 1. The van der Waals surface area contributed by atoms with E-state index >= 15 is 0 Å². The van der Waals surface area contributed by atoms with Crippen LogP contribution in [0.15, 0.2) is 28.7 Å². The van der Waals surface area contributed by atoms with E-state index in [0.29, 0.717) is 0 Å². The van der Waals surface area contributed by atoms with Gasteiger partial charge in [-0.2, -0.15) is 0 Å². The Bertz CT molecular complexity index is 642. The summed E-state index contributed by atoms with van der Waals surface area (Å²) in [5.41, 5.74) is 1.81. The summed E-state index contributed by atoms with van der Waals surface area (Å²) in [6, 6.07) is 7.67. The van der Waals surface area contributed by atoms with Crippen molar-refractivity contribution in [3.8, 4) is 0 Å². The van der Waals surface area contributed by atoms with Crippen molar-refractivity contribution in [1.82, 2.24) is 10.3 Å². The van der Waals surface area contributed by atoms with Crippen LogP contribution < -0.4 is 10.6 Å². The first-order valence-electron chi connectivity index (χ1n) is 6.69. The summed E-state index contributed by atoms with van der Waals surface area (Å²) < 4.78 is 0.875. The minimum absolute atomic E-state index is 0.0624. The number of nitrogens with zero attached hydrogens (tertiary/aromatic N) is 1. The molecule has 0 aliphatic rings. The third-order valence-corrected chi connectivity index (χ3v) is 5.00. The number of aryl methyl sites for hydroxylation is 2. The van der Waals surface area contributed by atoms with Crippen molar-refractivity contribution in [2.75, 3.05) is 11.9 Å². The molecule has 6 heteroatoms. The van der Waals surface area contributed by atoms with Gasteiger partial charge >= 0.3 is 0 Å². The first-order valence-corrected chi connectivity index (χ1v) is 8.30. The molecule has 2 N–H and O–H groups in total. The average molecular weight is 368 g/mol. The number of halogens is 1. The van der Waals surface area contributed by atoms with Gasteiger partial charge in [-0.3, -0.25) is 4.79 Å². The van der Waals surface area contributed by atoms with Crippen LogP contribution in [-0.2, 0) is 4.79 Å². The Labute approximate surface area is 137 Å². The Morgan fingerprint density at radius 1 is 1.38 bits per heavy atom. The summed E-state index contributed by atoms with van der Waals surface area (Å²) in [5.74, 6) is -0.0624. The number of hydrogen-bond acceptors (Lipinski definition) is 4. The van der Waals surface area contributed by atoms with Gasteiger partial charge in [-0.15, -0.1) is 11.3 Å². The molecule has 2 rings (SSSR count). The zero-order valence-electron chi connectivity index (χ0n) is 12.2. The highest BCUT2D eigenvalue weighted by Crippen LogP contribution is 2.24. The summed E-state index contributed by atoms with van der Waals surface area (Å²) >= 11 is 5.08. The second-order valence-corrected chi connectivity index (χ2v) is 6.90. The van der Waals surface area contributed by atoms with Gasteiger partial charge in [-0.05, 0) is 48.8 Å². The molecule has 0 saturated carbocycles. The number of carbonyl (C=O) groups excluding carboxylic acids is 1. The molecule has 1 amide bonds. The molecule has 21 heavy (non-hydrogen) atoms. The lowest BCUT2D eigenvalue weighted by Crippen LogP contribution is -2.30. The number of hydrogen-bond donors (Lipinski definition) is 2. The van der Waals surface area contributed by atoms with E-state index in [4.69, 9.17) is 0 Å². The predicted octanol–water partition coefficient (Wildman–Crippen LogP) is 3.81. The lowest BCUT2D eigenvalue weighted by molar-refractivity contribution is -0.115. The molecular weight excluding hydrogens is 350 g/mol. The van der Waals surface area contributed by atoms with Crippen molar-refractivity contribution >= 4 is 38.9 Å². The van der Waals surface area contributed by atoms with Crippen LogP contribution in [0.3, 0.4) is 0 Å². The maximum atomic E-state index is 12.0. The number of aromatic nitrogens is 1. The van der Waals surface area contributed by atoms with Crippen molar-refractivity contribution in [1.29, 1.82) is 0 Å². The number of nitrogens with one attached hydrogen (secondary N) is 2. The highest BCUT2D eigenvalue weighted by molar-refractivity contribution is 9.10. The molecule has 0 spiro atoms. The standard InChI is InChI=1S/C15H18BrN3OS/c1-9(15-10(2)18-11(3)21-15)17-8-14(20)19-13-7-5-4-6-12(13)16/h4-7,9,17H,8H2,1-3H3,(H,19,20). The van der Waals surface area contributed by atoms with Crippen LogP contribution in [0.1, 0.15) is 28.5 Å². The second kappa shape index (κ2) is 7.15. The highest BCUT2D eigenvalue weighted by Gasteiger charge is 2.14. The summed E-state index contributed by atoms with van der Waals surface area (Å²) in [6.07, 6.45) is 0. The zero-order valence-corrected chi connectivity index (χ0v) is 14.6. The highest BCUT2D eigenvalue weighted by atomic mass is 79.9. The van der Waals surface area contributed by atoms with E-state index in [9.17, 15) is 4.79 Å². The summed E-state index contributed by atoms with van der Waals surface area (Å²) in [4.78, 5) is 17.6. The fraction of sp³-hybridized carbons (Fsp3) is 0.333. The first kappa shape index (κ1) is 16.1. The Balaban J connectivity index is 1.89. The average Bonchev–Trinajstić information content (AvgIpc) is 2.78. The topological polar surface area (TPSA) is 54.0 Å². The van der Waals surface area contributed by atoms with Crippen molar-refractivity contribution in [3.05, 3.63) is 44.3 Å². The lowest BCUT2D eigenvalue weighted by Gasteiger charge is -2.13. The van der Waals surface area contributed by atoms with Crippen molar-refractivity contribution in [2.24, 2.45) is 0 Å². The van der Waals surface area contributed by atoms with E-state index in [1.165, 1.54) is 4.88 Å². The molecule has 1 atom stereocenters. The van der Waals surface area contributed by atoms with Crippen LogP contribution in [0.4, 0.5) is 5.69 Å². The van der Waals surface area contributed by atoms with Crippen LogP contribution in [0, 0.1) is 13.8 Å². The van der Waals surface area contributed by atoms with Gasteiger partial charge < -0.3 is 10.6 Å². The number of thiazole rings is 1. The van der Waals surface area contributed by atoms with Gasteiger partial charge in [0, 0.05) is 15.4 Å². The molecule has 1 aromatic carbocycles. The first-order chi connectivity index (χ1) is 9.97. The zero-order chi connectivity index (χ0) is 15.4. The molecule has 4 nitrogen and oxygen atoms in total. The smallest absolute Gasteiger partial charge is 0.238 e. The number of rotatable bonds is 5. The molecule has 0 radical (unpaired) electrons. The lowest BCUT2D eigenvalue weighted by atomic mass is 10.2. The number of para-hydroxylation sites is 1. The minimum Gasteiger partial charge on any atom is -0.324 e. The van der Waals surface area contributed by atoms with E-state index in [0.717, 1.165) is 20.9 Å². The van der Waals surface area contributed by atoms with Crippen molar-refractivity contribution < 1.29 is 4.79 Å². The van der Waals surface area contributed by atoms with Crippen LogP contribution in [0.2, 0.25) is 0 Å². The fourth-order valence-electron chi connectivity index (χ4n) is 2.04. The molecule has 0 saturated heterocycles. The number of benzene rings is 1. The van der Waals surface area contributed by atoms with E-state index in [1.807, 2.05) is 45.0 Å². The quantitative estimate of drug-likeness (QED) is 0.844. The van der Waals surface area contributed by atoms with Gasteiger partial charge in [0.2, 0.25) is 5.91 Å². The van der Waals surface area contributed by atoms with Gasteiger partial charge in [-0.25, -0.2) is 4.98 Å². The molecule has 1 heterocycles. The van der Waals surface area contributed by atoms with Gasteiger partial charge in [0.25, 0.3) is 0 Å². The molecule has 2 aromatic rings. The Morgan fingerprint density at radius 2 is 2.10 bits per heavy atom. The summed E-state index contributed by atoms with van der Waals surface area (Å²) in [6.45, 7) is 6.30. The van der Waals surface area contributed by atoms with E-state index in [1.54, 1.807) is 11.3 Å². The van der Waals surface area contributed by atoms with Gasteiger partial charge in [0.1, 0.15) is 0 Å². The Kier molecular flexibility index (Phi) is 5.50. The van der Waals surface area contributed by atoms with Gasteiger partial charge in [0.15, 0.2) is 0 Å². The molecule has 0 aliphatic heterocycles. The molecule has 0 fully saturated rings. The molecule has 0 aliphatic carbocycles. The number of carbonyl (C=O) groups is 1. The third kappa shape index (κ3) is 4.36. The van der Waals surface area contributed by atoms with Crippen LogP contribution in [0.25, 0.3) is 0 Å². The maximum absolute atomic E-state index is 12.0. The molecule has 1 unspecified atom stereocenters. The van der Waals surface area contributed by atoms with Crippen LogP contribution in [0.5, 0.6) is 0 Å². The summed E-state index contributed by atoms with van der Waals surface area (Å²) in [7, 11) is 0. The Morgan fingerprint density at radius 3 is 2.71 bits per heavy atom. The van der Waals surface area contributed by atoms with Crippen LogP contribution in [-0.4, -0.2) is 17.4 Å². The Hall–Kier alpha value is -1.24. The monoisotopic (exact) mass is 367 g/mol. The molecule has 0 bridgehead atoms. The predicted molar refractivity (Wildman–Crippen MR) is 90.8 cm³/mol. The number of anilines is 1. The fourth-order valence-corrected chi connectivity index (χ4v) is 3.38. The molecule has 1 aromatic heterocycles. The third-order valence-electron chi connectivity index (χ3n) is 3.05. The summed E-state index contributed by atoms with van der Waals surface area (Å²) in [5, 5.41) is 7.16. The minimum atomic E-state index is -0.0624. The largest absolute Gasteiger partial charge is 0.324 e. The van der Waals surface area contributed by atoms with E-state index in [2.05, 4.69) is 31.5 Å². The second-order valence-electron chi connectivity index (χ2n) is 4.81. The van der Waals surface area contributed by atoms with E-state index in [-0.39, 0.29) is 18.5 Å². The normalized spacial score (nSPS) is 12.2. The van der Waals surface area contributed by atoms with Crippen molar-refractivity contribution in [2.45, 2.75) is 26.8 Å².